The van der Waals surface area contributed by atoms with Crippen LogP contribution >= 0.6 is 0 Å². The molecule has 39 heavy (non-hydrogen) atoms. The van der Waals surface area contributed by atoms with Crippen molar-refractivity contribution in [2.45, 2.75) is 58.2 Å². The Balaban J connectivity index is 1.44. The van der Waals surface area contributed by atoms with Crippen LogP contribution in [0.15, 0.2) is 59.8 Å². The zero-order chi connectivity index (χ0) is 27.7. The number of benzene rings is 1. The van der Waals surface area contributed by atoms with Gasteiger partial charge >= 0.3 is 0 Å². The van der Waals surface area contributed by atoms with Crippen LogP contribution in [0.5, 0.6) is 0 Å². The van der Waals surface area contributed by atoms with Gasteiger partial charge in [-0.3, -0.25) is 9.59 Å². The van der Waals surface area contributed by atoms with Crippen molar-refractivity contribution in [1.29, 1.82) is 0 Å². The quantitative estimate of drug-likeness (QED) is 0.217. The second-order valence-electron chi connectivity index (χ2n) is 12.0. The van der Waals surface area contributed by atoms with Crippen molar-refractivity contribution < 1.29 is 13.9 Å². The molecule has 1 amide bonds. The predicted molar refractivity (Wildman–Crippen MR) is 155 cm³/mol. The lowest BCUT2D eigenvalue weighted by Crippen LogP contribution is -2.44. The molecule has 1 saturated heterocycles. The summed E-state index contributed by atoms with van der Waals surface area (Å²) < 4.78 is 23.5. The van der Waals surface area contributed by atoms with Gasteiger partial charge in [0.1, 0.15) is 18.2 Å². The number of likely N-dealkylation sites (tertiary alicyclic amines) is 1. The highest BCUT2D eigenvalue weighted by Crippen LogP contribution is 2.33. The number of halogens is 1. The van der Waals surface area contributed by atoms with E-state index in [-0.39, 0.29) is 29.6 Å². The van der Waals surface area contributed by atoms with Gasteiger partial charge in [-0.25, -0.2) is 9.37 Å². The van der Waals surface area contributed by atoms with Crippen LogP contribution in [0.25, 0.3) is 21.9 Å². The van der Waals surface area contributed by atoms with Crippen molar-refractivity contribution in [2.24, 2.45) is 5.92 Å². The van der Waals surface area contributed by atoms with Gasteiger partial charge in [-0.05, 0) is 42.1 Å². The average molecular weight is 549 g/mol. The molecule has 9 heteroatoms. The summed E-state index contributed by atoms with van der Waals surface area (Å²) in [6, 6.07) is 10.8. The molecule has 0 spiro atoms. The summed E-state index contributed by atoms with van der Waals surface area (Å²) in [5.74, 6) is 0.0222. The van der Waals surface area contributed by atoms with E-state index in [9.17, 15) is 14.0 Å². The number of piperidine rings is 1. The van der Waals surface area contributed by atoms with E-state index in [1.165, 1.54) is 12.1 Å². The molecule has 7 nitrogen and oxygen atoms in total. The first kappa shape index (κ1) is 27.3. The Morgan fingerprint density at radius 1 is 1.10 bits per heavy atom. The third-order valence-corrected chi connectivity index (χ3v) is 9.50. The molecule has 5 rings (SSSR count). The fourth-order valence-corrected chi connectivity index (χ4v) is 6.10. The largest absolute Gasteiger partial charge is 0.361 e. The summed E-state index contributed by atoms with van der Waals surface area (Å²) in [4.78, 5) is 32.6. The van der Waals surface area contributed by atoms with Crippen molar-refractivity contribution >= 4 is 35.9 Å². The van der Waals surface area contributed by atoms with Crippen LogP contribution in [-0.2, 0) is 22.7 Å². The van der Waals surface area contributed by atoms with E-state index < -0.39 is 8.07 Å². The minimum Gasteiger partial charge on any atom is -0.361 e. The first-order chi connectivity index (χ1) is 18.6. The fraction of sp³-hybridized carbons (Fsp3) is 0.433. The van der Waals surface area contributed by atoms with Gasteiger partial charge < -0.3 is 18.8 Å². The van der Waals surface area contributed by atoms with Crippen molar-refractivity contribution in [2.75, 3.05) is 19.7 Å². The monoisotopic (exact) mass is 548 g/mol. The number of hydrogen-bond donors (Lipinski definition) is 0. The SMILES string of the molecule is C[C@@H]1CCN(C(=O)Cc2ccc(F)cc2)C[C@@H]1n1ccc(=O)c2cnc3c(ccn3COCC[Si](C)(C)C)c21. The minimum absolute atomic E-state index is 0.000891. The van der Waals surface area contributed by atoms with E-state index in [4.69, 9.17) is 4.74 Å². The summed E-state index contributed by atoms with van der Waals surface area (Å²) in [6.45, 7) is 11.5. The third kappa shape index (κ3) is 5.99. The second-order valence-corrected chi connectivity index (χ2v) is 17.6. The lowest BCUT2D eigenvalue weighted by Gasteiger charge is -2.39. The lowest BCUT2D eigenvalue weighted by atomic mass is 9.92. The van der Waals surface area contributed by atoms with Gasteiger partial charge in [-0.1, -0.05) is 38.7 Å². The first-order valence-corrected chi connectivity index (χ1v) is 17.4. The summed E-state index contributed by atoms with van der Waals surface area (Å²) in [6.07, 6.45) is 6.59. The van der Waals surface area contributed by atoms with Crippen molar-refractivity contribution in [3.63, 3.8) is 0 Å². The predicted octanol–water partition coefficient (Wildman–Crippen LogP) is 5.45. The van der Waals surface area contributed by atoms with Crippen molar-refractivity contribution in [3.05, 3.63) is 76.6 Å². The van der Waals surface area contributed by atoms with Crippen LogP contribution < -0.4 is 5.43 Å². The Morgan fingerprint density at radius 2 is 1.87 bits per heavy atom. The fourth-order valence-electron chi connectivity index (χ4n) is 5.34. The minimum atomic E-state index is -1.18. The number of nitrogens with zero attached hydrogens (tertiary/aromatic N) is 4. The number of aromatic nitrogens is 3. The van der Waals surface area contributed by atoms with Gasteiger partial charge in [-0.2, -0.15) is 0 Å². The first-order valence-electron chi connectivity index (χ1n) is 13.7. The molecule has 4 aromatic rings. The van der Waals surface area contributed by atoms with Crippen LogP contribution in [0, 0.1) is 11.7 Å². The maximum Gasteiger partial charge on any atom is 0.227 e. The summed E-state index contributed by atoms with van der Waals surface area (Å²) in [5, 5.41) is 1.48. The molecule has 1 aromatic carbocycles. The maximum atomic E-state index is 13.3. The molecule has 1 aliphatic rings. The molecule has 0 aliphatic carbocycles. The molecule has 0 bridgehead atoms. The summed E-state index contributed by atoms with van der Waals surface area (Å²) >= 11 is 0. The van der Waals surface area contributed by atoms with Crippen LogP contribution in [0.2, 0.25) is 25.7 Å². The Morgan fingerprint density at radius 3 is 2.62 bits per heavy atom. The van der Waals surface area contributed by atoms with Gasteiger partial charge in [-0.15, -0.1) is 0 Å². The molecule has 206 valence electrons. The molecule has 4 heterocycles. The topological polar surface area (TPSA) is 69.4 Å². The highest BCUT2D eigenvalue weighted by atomic mass is 28.3. The number of ether oxygens (including phenoxy) is 1. The summed E-state index contributed by atoms with van der Waals surface area (Å²) in [7, 11) is -1.18. The molecule has 2 atom stereocenters. The highest BCUT2D eigenvalue weighted by molar-refractivity contribution is 6.76. The zero-order valence-corrected chi connectivity index (χ0v) is 24.2. The number of rotatable bonds is 8. The van der Waals surface area contributed by atoms with Crippen molar-refractivity contribution in [3.8, 4) is 0 Å². The van der Waals surface area contributed by atoms with E-state index in [1.807, 2.05) is 27.9 Å². The van der Waals surface area contributed by atoms with Crippen LogP contribution in [0.1, 0.15) is 24.9 Å². The van der Waals surface area contributed by atoms with E-state index in [0.717, 1.165) is 41.2 Å². The van der Waals surface area contributed by atoms with Gasteiger partial charge in [0.05, 0.1) is 23.4 Å². The normalized spacial score (nSPS) is 18.2. The van der Waals surface area contributed by atoms with Crippen LogP contribution in [-0.4, -0.2) is 52.7 Å². The molecule has 0 radical (unpaired) electrons. The van der Waals surface area contributed by atoms with Gasteiger partial charge in [0.25, 0.3) is 0 Å². The third-order valence-electron chi connectivity index (χ3n) is 7.79. The molecule has 1 fully saturated rings. The molecule has 0 unspecified atom stereocenters. The molecular formula is C30H37FN4O3Si. The average Bonchev–Trinajstić information content (AvgIpc) is 3.31. The zero-order valence-electron chi connectivity index (χ0n) is 23.2. The molecular weight excluding hydrogens is 511 g/mol. The Bertz CT molecular complexity index is 1540. The Labute approximate surface area is 229 Å². The maximum absolute atomic E-state index is 13.3. The second kappa shape index (κ2) is 11.1. The standard InChI is InChI=1S/C30H37FN4O3Si/c1-21-9-12-33(28(37)17-22-5-7-23(31)8-6-22)19-26(21)35-14-11-27(36)25-18-32-30-24(29(25)35)10-13-34(30)20-38-15-16-39(2,3)4/h5-8,10-11,13-14,18,21,26H,9,12,15-17,19-20H2,1-4H3/t21-,26+/m1/s1. The van der Waals surface area contributed by atoms with E-state index in [0.29, 0.717) is 31.1 Å². The van der Waals surface area contributed by atoms with E-state index in [1.54, 1.807) is 24.4 Å². The highest BCUT2D eigenvalue weighted by Gasteiger charge is 2.31. The van der Waals surface area contributed by atoms with E-state index >= 15 is 0 Å². The number of pyridine rings is 2. The number of carbonyl (C=O) groups is 1. The molecule has 0 saturated carbocycles. The number of carbonyl (C=O) groups excluding carboxylic acids is 1. The van der Waals surface area contributed by atoms with Gasteiger partial charge in [0.15, 0.2) is 5.43 Å². The van der Waals surface area contributed by atoms with Gasteiger partial charge in [0, 0.05) is 57.8 Å². The van der Waals surface area contributed by atoms with Crippen LogP contribution in [0.3, 0.4) is 0 Å². The molecule has 0 N–H and O–H groups in total. The van der Waals surface area contributed by atoms with Gasteiger partial charge in [0.2, 0.25) is 5.91 Å². The smallest absolute Gasteiger partial charge is 0.227 e. The molecule has 3 aromatic heterocycles. The van der Waals surface area contributed by atoms with Crippen molar-refractivity contribution in [1.82, 2.24) is 19.0 Å². The summed E-state index contributed by atoms with van der Waals surface area (Å²) in [5.41, 5.74) is 2.36. The number of fused-ring (bicyclic) bond motifs is 3. The Hall–Kier alpha value is -3.30. The number of hydrogen-bond acceptors (Lipinski definition) is 4. The van der Waals surface area contributed by atoms with Crippen LogP contribution in [0.4, 0.5) is 4.39 Å². The lowest BCUT2D eigenvalue weighted by molar-refractivity contribution is -0.132. The number of amides is 1. The van der Waals surface area contributed by atoms with E-state index in [2.05, 4.69) is 36.1 Å². The Kier molecular flexibility index (Phi) is 7.73. The molecule has 1 aliphatic heterocycles.